The standard InChI is InChI=1S/C21H33NO5Si/c1-9-26-20(24)18-17(14(2)27-28(7,8)21(3,4)5)19(23)22(18)15-10-12-16(25-6)13-11-15/h10-14,17-18H,9H2,1-8H3/t14-,17+,18-/m1/s1. The van der Waals surface area contributed by atoms with Crippen molar-refractivity contribution >= 4 is 25.9 Å². The third-order valence-electron chi connectivity index (χ3n) is 5.81. The molecule has 0 N–H and O–H groups in total. The number of β-lactam (4-membered cyclic amide) rings is 1. The van der Waals surface area contributed by atoms with E-state index in [1.165, 1.54) is 4.90 Å². The predicted molar refractivity (Wildman–Crippen MR) is 112 cm³/mol. The average Bonchev–Trinajstić information content (AvgIpc) is 2.58. The fraction of sp³-hybridized carbons (Fsp3) is 0.619. The molecule has 0 saturated carbocycles. The van der Waals surface area contributed by atoms with Crippen LogP contribution < -0.4 is 9.64 Å². The molecule has 0 radical (unpaired) electrons. The van der Waals surface area contributed by atoms with Crippen molar-refractivity contribution in [3.63, 3.8) is 0 Å². The highest BCUT2D eigenvalue weighted by molar-refractivity contribution is 6.74. The summed E-state index contributed by atoms with van der Waals surface area (Å²) in [5, 5.41) is 0.0170. The smallest absolute Gasteiger partial charge is 0.330 e. The summed E-state index contributed by atoms with van der Waals surface area (Å²) < 4.78 is 16.9. The van der Waals surface area contributed by atoms with E-state index in [0.717, 1.165) is 0 Å². The van der Waals surface area contributed by atoms with Gasteiger partial charge in [0.1, 0.15) is 11.8 Å². The zero-order chi connectivity index (χ0) is 21.3. The second-order valence-corrected chi connectivity index (χ2v) is 13.5. The molecule has 2 rings (SSSR count). The van der Waals surface area contributed by atoms with Crippen LogP contribution in [0.4, 0.5) is 5.69 Å². The number of rotatable bonds is 7. The summed E-state index contributed by atoms with van der Waals surface area (Å²) in [4.78, 5) is 27.2. The van der Waals surface area contributed by atoms with Crippen molar-refractivity contribution in [2.45, 2.75) is 64.9 Å². The first-order valence-electron chi connectivity index (χ1n) is 9.76. The Morgan fingerprint density at radius 3 is 2.25 bits per heavy atom. The van der Waals surface area contributed by atoms with E-state index in [0.29, 0.717) is 11.4 Å². The van der Waals surface area contributed by atoms with Crippen LogP contribution in [0.5, 0.6) is 5.75 Å². The molecule has 6 nitrogen and oxygen atoms in total. The van der Waals surface area contributed by atoms with Gasteiger partial charge in [0.25, 0.3) is 0 Å². The van der Waals surface area contributed by atoms with Crippen molar-refractivity contribution < 1.29 is 23.5 Å². The second-order valence-electron chi connectivity index (χ2n) is 8.71. The Balaban J connectivity index is 2.28. The molecule has 1 amide bonds. The lowest BCUT2D eigenvalue weighted by Gasteiger charge is -2.49. The highest BCUT2D eigenvalue weighted by Gasteiger charge is 2.57. The fourth-order valence-electron chi connectivity index (χ4n) is 3.19. The lowest BCUT2D eigenvalue weighted by atomic mass is 9.82. The Hall–Kier alpha value is -1.86. The van der Waals surface area contributed by atoms with Crippen LogP contribution >= 0.6 is 0 Å². The summed E-state index contributed by atoms with van der Waals surface area (Å²) in [6, 6.07) is 6.42. The quantitative estimate of drug-likeness (QED) is 0.388. The molecule has 3 atom stereocenters. The maximum Gasteiger partial charge on any atom is 0.330 e. The highest BCUT2D eigenvalue weighted by atomic mass is 28.4. The molecule has 1 fully saturated rings. The molecule has 0 aromatic heterocycles. The van der Waals surface area contributed by atoms with Gasteiger partial charge in [-0.05, 0) is 56.2 Å². The minimum absolute atomic E-state index is 0.0170. The third-order valence-corrected chi connectivity index (χ3v) is 10.4. The van der Waals surface area contributed by atoms with E-state index in [2.05, 4.69) is 33.9 Å². The monoisotopic (exact) mass is 407 g/mol. The highest BCUT2D eigenvalue weighted by Crippen LogP contribution is 2.42. The summed E-state index contributed by atoms with van der Waals surface area (Å²) in [6.45, 7) is 14.7. The normalized spacial score (nSPS) is 21.1. The van der Waals surface area contributed by atoms with Crippen molar-refractivity contribution in [1.82, 2.24) is 0 Å². The van der Waals surface area contributed by atoms with Crippen LogP contribution in [0.15, 0.2) is 24.3 Å². The molecule has 1 aliphatic rings. The molecule has 156 valence electrons. The predicted octanol–water partition coefficient (Wildman–Crippen LogP) is 4.00. The Morgan fingerprint density at radius 1 is 1.21 bits per heavy atom. The summed E-state index contributed by atoms with van der Waals surface area (Å²) in [7, 11) is -0.494. The number of esters is 1. The summed E-state index contributed by atoms with van der Waals surface area (Å²) in [5.41, 5.74) is 0.652. The molecule has 0 bridgehead atoms. The number of carbonyl (C=O) groups is 2. The van der Waals surface area contributed by atoms with Gasteiger partial charge in [-0.15, -0.1) is 0 Å². The minimum Gasteiger partial charge on any atom is -0.497 e. The number of anilines is 1. The Morgan fingerprint density at radius 2 is 1.79 bits per heavy atom. The number of nitrogens with zero attached hydrogens (tertiary/aromatic N) is 1. The Kier molecular flexibility index (Phi) is 6.61. The van der Waals surface area contributed by atoms with Gasteiger partial charge in [-0.2, -0.15) is 0 Å². The van der Waals surface area contributed by atoms with Crippen LogP contribution in [0.3, 0.4) is 0 Å². The first-order valence-corrected chi connectivity index (χ1v) is 12.7. The van der Waals surface area contributed by atoms with Gasteiger partial charge in [0.2, 0.25) is 5.91 Å². The number of ether oxygens (including phenoxy) is 2. The molecular weight excluding hydrogens is 374 g/mol. The molecule has 1 saturated heterocycles. The molecule has 7 heteroatoms. The summed E-state index contributed by atoms with van der Waals surface area (Å²) >= 11 is 0. The van der Waals surface area contributed by atoms with E-state index in [4.69, 9.17) is 13.9 Å². The number of carbonyl (C=O) groups excluding carboxylic acids is 2. The van der Waals surface area contributed by atoms with Crippen molar-refractivity contribution in [3.05, 3.63) is 24.3 Å². The van der Waals surface area contributed by atoms with E-state index >= 15 is 0 Å². The molecule has 0 spiro atoms. The number of amides is 1. The van der Waals surface area contributed by atoms with Crippen molar-refractivity contribution in [1.29, 1.82) is 0 Å². The number of benzene rings is 1. The number of hydrogen-bond acceptors (Lipinski definition) is 5. The Labute approximate surface area is 169 Å². The molecule has 28 heavy (non-hydrogen) atoms. The van der Waals surface area contributed by atoms with Gasteiger partial charge in [-0.1, -0.05) is 20.8 Å². The van der Waals surface area contributed by atoms with E-state index in [1.807, 2.05) is 6.92 Å². The second kappa shape index (κ2) is 8.25. The van der Waals surface area contributed by atoms with Crippen LogP contribution in [-0.4, -0.2) is 46.1 Å². The van der Waals surface area contributed by atoms with Gasteiger partial charge < -0.3 is 13.9 Å². The summed E-state index contributed by atoms with van der Waals surface area (Å²) in [5.74, 6) is -0.367. The molecule has 1 aromatic rings. The van der Waals surface area contributed by atoms with E-state index in [-0.39, 0.29) is 23.7 Å². The minimum atomic E-state index is -2.08. The largest absolute Gasteiger partial charge is 0.497 e. The molecular formula is C21H33NO5Si. The lowest BCUT2D eigenvalue weighted by Crippen LogP contribution is -2.69. The van der Waals surface area contributed by atoms with Gasteiger partial charge in [0.05, 0.1) is 25.7 Å². The third kappa shape index (κ3) is 4.25. The summed E-state index contributed by atoms with van der Waals surface area (Å²) in [6.07, 6.45) is -0.364. The fourth-order valence-corrected chi connectivity index (χ4v) is 4.62. The Bertz CT molecular complexity index is 711. The molecule has 1 aliphatic heterocycles. The van der Waals surface area contributed by atoms with Crippen LogP contribution in [0.25, 0.3) is 0 Å². The SMILES string of the molecule is CCOC(=O)[C@H]1[C@H]([C@@H](C)O[Si](C)(C)C(C)(C)C)C(=O)N1c1ccc(OC)cc1. The average molecular weight is 408 g/mol. The van der Waals surface area contributed by atoms with E-state index < -0.39 is 26.2 Å². The van der Waals surface area contributed by atoms with E-state index in [9.17, 15) is 9.59 Å². The van der Waals surface area contributed by atoms with Gasteiger partial charge in [0, 0.05) is 5.69 Å². The first kappa shape index (κ1) is 22.4. The van der Waals surface area contributed by atoms with Crippen LogP contribution in [0.1, 0.15) is 34.6 Å². The molecule has 0 unspecified atom stereocenters. The first-order chi connectivity index (χ1) is 12.9. The van der Waals surface area contributed by atoms with Gasteiger partial charge in [-0.3, -0.25) is 9.69 Å². The zero-order valence-corrected chi connectivity index (χ0v) is 19.2. The maximum absolute atomic E-state index is 13.0. The van der Waals surface area contributed by atoms with Crippen molar-refractivity contribution in [3.8, 4) is 5.75 Å². The number of hydrogen-bond donors (Lipinski definition) is 0. The molecule has 1 aromatic carbocycles. The lowest BCUT2D eigenvalue weighted by molar-refractivity contribution is -0.157. The van der Waals surface area contributed by atoms with Crippen molar-refractivity contribution in [2.75, 3.05) is 18.6 Å². The van der Waals surface area contributed by atoms with E-state index in [1.54, 1.807) is 38.3 Å². The van der Waals surface area contributed by atoms with Gasteiger partial charge in [0.15, 0.2) is 8.32 Å². The van der Waals surface area contributed by atoms with Crippen LogP contribution in [0.2, 0.25) is 18.1 Å². The molecule has 1 heterocycles. The van der Waals surface area contributed by atoms with Crippen LogP contribution in [-0.2, 0) is 18.8 Å². The number of methoxy groups -OCH3 is 1. The molecule has 0 aliphatic carbocycles. The topological polar surface area (TPSA) is 65.1 Å². The van der Waals surface area contributed by atoms with Gasteiger partial charge in [-0.25, -0.2) is 4.79 Å². The van der Waals surface area contributed by atoms with Crippen molar-refractivity contribution in [2.24, 2.45) is 5.92 Å². The zero-order valence-electron chi connectivity index (χ0n) is 18.2. The van der Waals surface area contributed by atoms with Crippen LogP contribution in [0, 0.1) is 5.92 Å². The van der Waals surface area contributed by atoms with Gasteiger partial charge >= 0.3 is 5.97 Å². The maximum atomic E-state index is 13.0.